The fourth-order valence-electron chi connectivity index (χ4n) is 3.19. The van der Waals surface area contributed by atoms with E-state index in [1.165, 1.54) is 19.6 Å². The number of aromatic carboxylic acids is 1. The summed E-state index contributed by atoms with van der Waals surface area (Å²) >= 11 is 0. The largest absolute Gasteiger partial charge is 0.492 e. The van der Waals surface area contributed by atoms with Gasteiger partial charge in [-0.25, -0.2) is 9.78 Å². The average molecular weight is 510 g/mol. The molecule has 2 aromatic carbocycles. The molecule has 9 nitrogen and oxygen atoms in total. The zero-order valence-electron chi connectivity index (χ0n) is 23.0. The highest BCUT2D eigenvalue weighted by Crippen LogP contribution is 2.37. The van der Waals surface area contributed by atoms with Gasteiger partial charge in [0, 0.05) is 11.8 Å². The number of carbonyl (C=O) groups excluding carboxylic acids is 1. The Labute approximate surface area is 218 Å². The van der Waals surface area contributed by atoms with Crippen LogP contribution in [0.15, 0.2) is 42.9 Å². The first kappa shape index (κ1) is 29.4. The highest BCUT2D eigenvalue weighted by molar-refractivity contribution is 6.06. The van der Waals surface area contributed by atoms with Gasteiger partial charge in [0.1, 0.15) is 6.33 Å². The van der Waals surface area contributed by atoms with E-state index in [-0.39, 0.29) is 17.0 Å². The Bertz CT molecular complexity index is 1270. The van der Waals surface area contributed by atoms with Gasteiger partial charge in [-0.2, -0.15) is 0 Å². The van der Waals surface area contributed by atoms with Gasteiger partial charge in [-0.05, 0) is 59.7 Å². The van der Waals surface area contributed by atoms with Gasteiger partial charge in [0.2, 0.25) is 0 Å². The lowest BCUT2D eigenvalue weighted by molar-refractivity contribution is 0.0690. The summed E-state index contributed by atoms with van der Waals surface area (Å²) in [5.74, 6) is -1.06. The first-order valence-corrected chi connectivity index (χ1v) is 11.9. The summed E-state index contributed by atoms with van der Waals surface area (Å²) < 4.78 is 6.99. The molecule has 37 heavy (non-hydrogen) atoms. The van der Waals surface area contributed by atoms with E-state index in [1.54, 1.807) is 22.8 Å². The maximum atomic E-state index is 13.0. The molecule has 0 saturated heterocycles. The highest BCUT2D eigenvalue weighted by atomic mass is 16.5. The van der Waals surface area contributed by atoms with Crippen molar-refractivity contribution in [2.75, 3.05) is 24.7 Å². The molecule has 0 aliphatic heterocycles. The number of anilines is 2. The summed E-state index contributed by atoms with van der Waals surface area (Å²) in [6.45, 7) is 15.2. The number of carbonyl (C=O) groups is 2. The number of carboxylic acids is 1. The number of aryl methyl sites for hydroxylation is 1. The lowest BCUT2D eigenvalue weighted by atomic mass is 9.86. The van der Waals surface area contributed by atoms with Crippen LogP contribution < -0.4 is 21.5 Å². The number of nitrogens with two attached hydrogens (primary N) is 2. The molecule has 3 rings (SSSR count). The maximum absolute atomic E-state index is 13.0. The van der Waals surface area contributed by atoms with Crippen LogP contribution in [0, 0.1) is 12.3 Å². The van der Waals surface area contributed by atoms with Crippen molar-refractivity contribution >= 4 is 23.3 Å². The van der Waals surface area contributed by atoms with Crippen molar-refractivity contribution < 1.29 is 19.4 Å². The predicted molar refractivity (Wildman–Crippen MR) is 148 cm³/mol. The molecule has 0 spiro atoms. The number of aromatic nitrogens is 2. The third kappa shape index (κ3) is 7.82. The molecular weight excluding hydrogens is 470 g/mol. The van der Waals surface area contributed by atoms with Crippen LogP contribution in [0.4, 0.5) is 11.4 Å². The fourth-order valence-corrected chi connectivity index (χ4v) is 3.19. The van der Waals surface area contributed by atoms with Crippen molar-refractivity contribution in [3.8, 4) is 11.4 Å². The average Bonchev–Trinajstić information content (AvgIpc) is 3.29. The van der Waals surface area contributed by atoms with Crippen molar-refractivity contribution in [1.29, 1.82) is 0 Å². The maximum Gasteiger partial charge on any atom is 0.356 e. The van der Waals surface area contributed by atoms with Gasteiger partial charge in [-0.1, -0.05) is 47.6 Å². The SMILES string of the molecule is CC(C)(C)CN.COc1c(N)cc(C(C)(C)C)cc1NC(=O)c1ccc(C)c(-n2cnc(C(=O)O)c2)c1. The summed E-state index contributed by atoms with van der Waals surface area (Å²) in [5.41, 5.74) is 15.3. The number of nitrogen functional groups attached to an aromatic ring is 1. The number of hydrogen-bond donors (Lipinski definition) is 4. The van der Waals surface area contributed by atoms with Crippen molar-refractivity contribution in [3.63, 3.8) is 0 Å². The van der Waals surface area contributed by atoms with E-state index < -0.39 is 5.97 Å². The lowest BCUT2D eigenvalue weighted by Gasteiger charge is -2.22. The number of ether oxygens (including phenoxy) is 1. The molecule has 1 heterocycles. The molecule has 6 N–H and O–H groups in total. The van der Waals surface area contributed by atoms with Crippen LogP contribution >= 0.6 is 0 Å². The smallest absolute Gasteiger partial charge is 0.356 e. The molecular formula is C28H39N5O4. The quantitative estimate of drug-likeness (QED) is 0.354. The monoisotopic (exact) mass is 509 g/mol. The first-order chi connectivity index (χ1) is 17.1. The van der Waals surface area contributed by atoms with Crippen molar-refractivity contribution in [3.05, 3.63) is 65.2 Å². The van der Waals surface area contributed by atoms with Crippen molar-refractivity contribution in [1.82, 2.24) is 9.55 Å². The minimum atomic E-state index is -1.12. The number of carboxylic acid groups (broad SMARTS) is 1. The zero-order chi connectivity index (χ0) is 28.1. The number of benzene rings is 2. The summed E-state index contributed by atoms with van der Waals surface area (Å²) in [4.78, 5) is 28.0. The Hall–Kier alpha value is -3.85. The molecule has 0 atom stereocenters. The Morgan fingerprint density at radius 3 is 2.22 bits per heavy atom. The molecule has 0 bridgehead atoms. The van der Waals surface area contributed by atoms with Crippen LogP contribution in [0.2, 0.25) is 0 Å². The molecule has 0 aliphatic rings. The number of amides is 1. The van der Waals surface area contributed by atoms with Crippen LogP contribution in [0.5, 0.6) is 5.75 Å². The van der Waals surface area contributed by atoms with Crippen LogP contribution in [0.1, 0.15) is 73.5 Å². The van der Waals surface area contributed by atoms with Gasteiger partial charge in [0.15, 0.2) is 11.4 Å². The van der Waals surface area contributed by atoms with E-state index in [0.29, 0.717) is 33.8 Å². The molecule has 9 heteroatoms. The highest BCUT2D eigenvalue weighted by Gasteiger charge is 2.20. The van der Waals surface area contributed by atoms with E-state index in [4.69, 9.17) is 21.3 Å². The van der Waals surface area contributed by atoms with Gasteiger partial charge < -0.3 is 31.2 Å². The fraction of sp³-hybridized carbons (Fsp3) is 0.393. The summed E-state index contributed by atoms with van der Waals surface area (Å²) in [5, 5.41) is 12.0. The third-order valence-electron chi connectivity index (χ3n) is 5.60. The van der Waals surface area contributed by atoms with Gasteiger partial charge in [-0.3, -0.25) is 4.79 Å². The van der Waals surface area contributed by atoms with Crippen LogP contribution in [0.25, 0.3) is 5.69 Å². The minimum absolute atomic E-state index is 0.0755. The number of nitrogens with zero attached hydrogens (tertiary/aromatic N) is 2. The normalized spacial score (nSPS) is 11.4. The molecule has 0 fully saturated rings. The van der Waals surface area contributed by atoms with Crippen LogP contribution in [0.3, 0.4) is 0 Å². The van der Waals surface area contributed by atoms with E-state index in [9.17, 15) is 9.59 Å². The minimum Gasteiger partial charge on any atom is -0.492 e. The topological polar surface area (TPSA) is 145 Å². The molecule has 1 amide bonds. The number of nitrogens with one attached hydrogen (secondary N) is 1. The number of rotatable bonds is 5. The lowest BCUT2D eigenvalue weighted by Crippen LogP contribution is -2.18. The molecule has 1 aromatic heterocycles. The summed E-state index contributed by atoms with van der Waals surface area (Å²) in [6.07, 6.45) is 2.81. The number of hydrogen-bond acceptors (Lipinski definition) is 6. The van der Waals surface area contributed by atoms with E-state index in [0.717, 1.165) is 17.7 Å². The van der Waals surface area contributed by atoms with Gasteiger partial charge in [-0.15, -0.1) is 0 Å². The Morgan fingerprint density at radius 2 is 1.73 bits per heavy atom. The standard InChI is InChI=1S/C23H26N4O4.C5H13N/c1-13-6-7-14(8-19(13)27-11-18(22(29)30)25-12-27)21(28)26-17-10-15(23(2,3)4)9-16(24)20(17)31-5;1-5(2,3)4-6/h6-12H,24H2,1-5H3,(H,26,28)(H,29,30);4,6H2,1-3H3. The van der Waals surface area contributed by atoms with Gasteiger partial charge in [0.05, 0.1) is 24.2 Å². The third-order valence-corrected chi connectivity index (χ3v) is 5.60. The second-order valence-corrected chi connectivity index (χ2v) is 11.1. The molecule has 200 valence electrons. The predicted octanol–water partition coefficient (Wildman–Crippen LogP) is 5.01. The summed E-state index contributed by atoms with van der Waals surface area (Å²) in [6, 6.07) is 8.88. The van der Waals surface area contributed by atoms with Crippen LogP contribution in [-0.2, 0) is 5.41 Å². The Morgan fingerprint density at radius 1 is 1.11 bits per heavy atom. The van der Waals surface area contributed by atoms with E-state index >= 15 is 0 Å². The van der Waals surface area contributed by atoms with Crippen molar-refractivity contribution in [2.24, 2.45) is 11.1 Å². The molecule has 0 radical (unpaired) electrons. The zero-order valence-corrected chi connectivity index (χ0v) is 23.0. The number of methoxy groups -OCH3 is 1. The van der Waals surface area contributed by atoms with Gasteiger partial charge in [0.25, 0.3) is 5.91 Å². The Balaban J connectivity index is 0.000000717. The van der Waals surface area contributed by atoms with E-state index in [1.807, 2.05) is 19.1 Å². The summed E-state index contributed by atoms with van der Waals surface area (Å²) in [7, 11) is 1.50. The van der Waals surface area contributed by atoms with Crippen LogP contribution in [-0.4, -0.2) is 40.2 Å². The van der Waals surface area contributed by atoms with Gasteiger partial charge >= 0.3 is 5.97 Å². The first-order valence-electron chi connectivity index (χ1n) is 11.9. The van der Waals surface area contributed by atoms with Crippen molar-refractivity contribution in [2.45, 2.75) is 53.9 Å². The number of imidazole rings is 1. The second-order valence-electron chi connectivity index (χ2n) is 11.1. The second kappa shape index (κ2) is 11.5. The molecule has 0 aliphatic carbocycles. The Kier molecular flexibility index (Phi) is 9.11. The molecule has 0 unspecified atom stereocenters. The molecule has 0 saturated carbocycles. The molecule has 3 aromatic rings. The van der Waals surface area contributed by atoms with E-state index in [2.05, 4.69) is 51.8 Å².